The minimum Gasteiger partial charge on any atom is -0.381 e. The van der Waals surface area contributed by atoms with Crippen LogP contribution in [0.4, 0.5) is 0 Å². The number of hydrogen-bond donors (Lipinski definition) is 1. The van der Waals surface area contributed by atoms with Gasteiger partial charge in [-0.2, -0.15) is 0 Å². The van der Waals surface area contributed by atoms with E-state index in [1.807, 2.05) is 25.2 Å². The van der Waals surface area contributed by atoms with Gasteiger partial charge in [0, 0.05) is 57.1 Å². The molecular weight excluding hydrogens is 332 g/mol. The first-order valence-electron chi connectivity index (χ1n) is 8.75. The van der Waals surface area contributed by atoms with E-state index in [2.05, 4.69) is 39.8 Å². The number of thiazole rings is 1. The molecule has 2 aromatic rings. The topological polar surface area (TPSA) is 49.8 Å². The molecule has 0 bridgehead atoms. The minimum absolute atomic E-state index is 0.607. The Labute approximate surface area is 153 Å². The molecule has 1 aromatic heterocycles. The Kier molecular flexibility index (Phi) is 6.42. The summed E-state index contributed by atoms with van der Waals surface area (Å²) in [6.07, 6.45) is 2.03. The molecule has 1 aromatic carbocycles. The first-order chi connectivity index (χ1) is 12.3. The van der Waals surface area contributed by atoms with Crippen molar-refractivity contribution in [1.82, 2.24) is 15.2 Å². The van der Waals surface area contributed by atoms with Gasteiger partial charge in [-0.15, -0.1) is 11.3 Å². The largest absolute Gasteiger partial charge is 0.381 e. The summed E-state index contributed by atoms with van der Waals surface area (Å²) in [4.78, 5) is 11.3. The summed E-state index contributed by atoms with van der Waals surface area (Å²) in [5, 5.41) is 6.67. The number of aromatic nitrogens is 1. The van der Waals surface area contributed by atoms with E-state index in [1.54, 1.807) is 11.3 Å². The highest BCUT2D eigenvalue weighted by Crippen LogP contribution is 2.23. The zero-order valence-corrected chi connectivity index (χ0v) is 15.8. The van der Waals surface area contributed by atoms with E-state index < -0.39 is 0 Å². The smallest absolute Gasteiger partial charge is 0.193 e. The lowest BCUT2D eigenvalue weighted by molar-refractivity contribution is 0.181. The van der Waals surface area contributed by atoms with E-state index in [9.17, 15) is 0 Å². The molecule has 0 spiro atoms. The molecule has 0 saturated carbocycles. The monoisotopic (exact) mass is 358 g/mol. The van der Waals surface area contributed by atoms with E-state index in [1.165, 1.54) is 5.56 Å². The lowest BCUT2D eigenvalue weighted by atomic mass is 10.1. The van der Waals surface area contributed by atoms with Crippen LogP contribution in [0.3, 0.4) is 0 Å². The van der Waals surface area contributed by atoms with Crippen LogP contribution in [0.2, 0.25) is 0 Å². The van der Waals surface area contributed by atoms with Crippen LogP contribution in [-0.4, -0.2) is 56.2 Å². The summed E-state index contributed by atoms with van der Waals surface area (Å²) >= 11 is 1.70. The molecule has 25 heavy (non-hydrogen) atoms. The van der Waals surface area contributed by atoms with Gasteiger partial charge in [0.2, 0.25) is 0 Å². The fourth-order valence-electron chi connectivity index (χ4n) is 3.02. The third-order valence-corrected chi connectivity index (χ3v) is 5.31. The van der Waals surface area contributed by atoms with Gasteiger partial charge >= 0.3 is 0 Å². The van der Waals surface area contributed by atoms with Crippen molar-refractivity contribution < 1.29 is 4.74 Å². The van der Waals surface area contributed by atoms with Crippen molar-refractivity contribution in [3.63, 3.8) is 0 Å². The number of rotatable bonds is 6. The zero-order valence-electron chi connectivity index (χ0n) is 14.9. The van der Waals surface area contributed by atoms with Crippen molar-refractivity contribution in [2.75, 3.05) is 40.4 Å². The molecule has 2 heterocycles. The number of nitrogens with zero attached hydrogens (tertiary/aromatic N) is 3. The fraction of sp³-hybridized carbons (Fsp3) is 0.474. The maximum absolute atomic E-state index is 5.46. The second-order valence-corrected chi connectivity index (χ2v) is 7.20. The molecule has 5 nitrogen and oxygen atoms in total. The van der Waals surface area contributed by atoms with Crippen LogP contribution in [0.25, 0.3) is 10.6 Å². The molecule has 1 aliphatic heterocycles. The number of ether oxygens (including phenoxy) is 1. The Morgan fingerprint density at radius 3 is 2.96 bits per heavy atom. The minimum atomic E-state index is 0.607. The molecule has 134 valence electrons. The summed E-state index contributed by atoms with van der Waals surface area (Å²) in [5.41, 5.74) is 2.31. The molecule has 1 N–H and O–H groups in total. The standard InChI is InChI=1S/C19H26N4OS/c1-20-19(23(2)12-15-9-11-24-13-15)21-10-8-17-14-25-18(22-17)16-6-4-3-5-7-16/h3-7,14-15H,8-13H2,1-2H3,(H,20,21). The van der Waals surface area contributed by atoms with Crippen molar-refractivity contribution in [2.24, 2.45) is 10.9 Å². The van der Waals surface area contributed by atoms with Crippen LogP contribution in [0.1, 0.15) is 12.1 Å². The van der Waals surface area contributed by atoms with Crippen LogP contribution in [-0.2, 0) is 11.2 Å². The molecule has 1 saturated heterocycles. The van der Waals surface area contributed by atoms with Crippen LogP contribution in [0.5, 0.6) is 0 Å². The summed E-state index contributed by atoms with van der Waals surface area (Å²) in [7, 11) is 3.92. The third-order valence-electron chi connectivity index (χ3n) is 4.37. The van der Waals surface area contributed by atoms with Crippen molar-refractivity contribution >= 4 is 17.3 Å². The number of nitrogens with one attached hydrogen (secondary N) is 1. The maximum atomic E-state index is 5.46. The van der Waals surface area contributed by atoms with Gasteiger partial charge in [0.15, 0.2) is 5.96 Å². The highest BCUT2D eigenvalue weighted by atomic mass is 32.1. The first kappa shape index (κ1) is 17.9. The molecule has 3 rings (SSSR count). The van der Waals surface area contributed by atoms with Gasteiger partial charge in [0.25, 0.3) is 0 Å². The molecule has 0 amide bonds. The van der Waals surface area contributed by atoms with Crippen molar-refractivity contribution in [2.45, 2.75) is 12.8 Å². The van der Waals surface area contributed by atoms with Gasteiger partial charge in [-0.05, 0) is 6.42 Å². The predicted molar refractivity (Wildman–Crippen MR) is 104 cm³/mol. The Balaban J connectivity index is 1.47. The highest BCUT2D eigenvalue weighted by molar-refractivity contribution is 7.13. The zero-order chi connectivity index (χ0) is 17.5. The molecule has 0 radical (unpaired) electrons. The molecule has 0 aliphatic carbocycles. The lowest BCUT2D eigenvalue weighted by Gasteiger charge is -2.24. The lowest BCUT2D eigenvalue weighted by Crippen LogP contribution is -2.42. The Hall–Kier alpha value is -1.92. The SMILES string of the molecule is CN=C(NCCc1csc(-c2ccccc2)n1)N(C)CC1CCOC1. The molecule has 1 aliphatic rings. The van der Waals surface area contributed by atoms with Gasteiger partial charge in [-0.3, -0.25) is 4.99 Å². The summed E-state index contributed by atoms with van der Waals surface area (Å²) < 4.78 is 5.46. The molecule has 1 atom stereocenters. The second kappa shape index (κ2) is 8.97. The normalized spacial score (nSPS) is 17.7. The van der Waals surface area contributed by atoms with Gasteiger partial charge in [-0.1, -0.05) is 30.3 Å². The average Bonchev–Trinajstić information content (AvgIpc) is 3.31. The van der Waals surface area contributed by atoms with Crippen LogP contribution < -0.4 is 5.32 Å². The molecular formula is C19H26N4OS. The van der Waals surface area contributed by atoms with E-state index in [0.29, 0.717) is 5.92 Å². The van der Waals surface area contributed by atoms with Crippen molar-refractivity contribution in [3.8, 4) is 10.6 Å². The van der Waals surface area contributed by atoms with E-state index in [-0.39, 0.29) is 0 Å². The summed E-state index contributed by atoms with van der Waals surface area (Å²) in [6, 6.07) is 10.3. The Morgan fingerprint density at radius 2 is 2.24 bits per heavy atom. The Bertz CT molecular complexity index is 680. The van der Waals surface area contributed by atoms with Crippen LogP contribution in [0.15, 0.2) is 40.7 Å². The van der Waals surface area contributed by atoms with Gasteiger partial charge < -0.3 is 15.0 Å². The highest BCUT2D eigenvalue weighted by Gasteiger charge is 2.19. The van der Waals surface area contributed by atoms with E-state index in [4.69, 9.17) is 9.72 Å². The maximum Gasteiger partial charge on any atom is 0.193 e. The number of aliphatic imine (C=N–C) groups is 1. The average molecular weight is 359 g/mol. The molecule has 6 heteroatoms. The van der Waals surface area contributed by atoms with Crippen molar-refractivity contribution in [3.05, 3.63) is 41.4 Å². The number of guanidine groups is 1. The van der Waals surface area contributed by atoms with Crippen LogP contribution >= 0.6 is 11.3 Å². The Morgan fingerprint density at radius 1 is 1.40 bits per heavy atom. The van der Waals surface area contributed by atoms with Gasteiger partial charge in [-0.25, -0.2) is 4.98 Å². The van der Waals surface area contributed by atoms with Crippen LogP contribution in [0, 0.1) is 5.92 Å². The third kappa shape index (κ3) is 5.03. The van der Waals surface area contributed by atoms with Crippen molar-refractivity contribution in [1.29, 1.82) is 0 Å². The molecule has 1 fully saturated rings. The van der Waals surface area contributed by atoms with Gasteiger partial charge in [0.1, 0.15) is 5.01 Å². The second-order valence-electron chi connectivity index (χ2n) is 6.34. The number of hydrogen-bond acceptors (Lipinski definition) is 4. The van der Waals surface area contributed by atoms with Gasteiger partial charge in [0.05, 0.1) is 12.3 Å². The summed E-state index contributed by atoms with van der Waals surface area (Å²) in [6.45, 7) is 3.56. The quantitative estimate of drug-likeness (QED) is 0.637. The number of benzene rings is 1. The van der Waals surface area contributed by atoms with E-state index >= 15 is 0 Å². The molecule has 1 unspecified atom stereocenters. The first-order valence-corrected chi connectivity index (χ1v) is 9.63. The summed E-state index contributed by atoms with van der Waals surface area (Å²) in [5.74, 6) is 1.54. The van der Waals surface area contributed by atoms with E-state index in [0.717, 1.165) is 55.8 Å². The predicted octanol–water partition coefficient (Wildman–Crippen LogP) is 2.90. The fourth-order valence-corrected chi connectivity index (χ4v) is 3.88.